The number of hydrogen-bond acceptors (Lipinski definition) is 6. The molecular formula is C28H32FN5O4S. The molecule has 9 nitrogen and oxygen atoms in total. The van der Waals surface area contributed by atoms with Crippen LogP contribution in [-0.2, 0) is 23.3 Å². The van der Waals surface area contributed by atoms with E-state index in [-0.39, 0.29) is 18.9 Å². The fourth-order valence-corrected chi connectivity index (χ4v) is 6.65. The minimum atomic E-state index is -1.40. The number of fused-ring (bicyclic) bond motifs is 1. The minimum absolute atomic E-state index is 0.155. The maximum atomic E-state index is 14.1. The van der Waals surface area contributed by atoms with Crippen LogP contribution in [0.3, 0.4) is 0 Å². The third-order valence-corrected chi connectivity index (χ3v) is 8.78. The van der Waals surface area contributed by atoms with Crippen LogP contribution in [0.1, 0.15) is 44.2 Å². The molecule has 1 saturated heterocycles. The van der Waals surface area contributed by atoms with Crippen LogP contribution in [0.5, 0.6) is 5.75 Å². The van der Waals surface area contributed by atoms with E-state index in [0.29, 0.717) is 45.2 Å². The molecule has 4 heterocycles. The smallest absolute Gasteiger partial charge is 0.333 e. The molecule has 206 valence electrons. The summed E-state index contributed by atoms with van der Waals surface area (Å²) in [5.74, 6) is -0.150. The number of carbonyl (C=O) groups excluding carboxylic acids is 1. The Kier molecular flexibility index (Phi) is 7.19. The molecule has 1 aromatic carbocycles. The quantitative estimate of drug-likeness (QED) is 0.347. The number of thiophene rings is 1. The van der Waals surface area contributed by atoms with Crippen LogP contribution in [-0.4, -0.2) is 49.9 Å². The predicted octanol–water partition coefficient (Wildman–Crippen LogP) is 3.86. The zero-order valence-electron chi connectivity index (χ0n) is 22.6. The Morgan fingerprint density at radius 1 is 1.18 bits per heavy atom. The summed E-state index contributed by atoms with van der Waals surface area (Å²) < 4.78 is 23.8. The molecule has 0 N–H and O–H groups in total. The largest absolute Gasteiger partial charge is 0.496 e. The van der Waals surface area contributed by atoms with Crippen molar-refractivity contribution in [2.45, 2.75) is 58.5 Å². The van der Waals surface area contributed by atoms with Gasteiger partial charge in [-0.3, -0.25) is 14.2 Å². The highest BCUT2D eigenvalue weighted by Gasteiger charge is 2.38. The summed E-state index contributed by atoms with van der Waals surface area (Å²) in [6, 6.07) is 6.04. The molecule has 0 aliphatic carbocycles. The number of piperidine rings is 1. The molecule has 39 heavy (non-hydrogen) atoms. The molecule has 0 spiro atoms. The molecule has 3 aromatic heterocycles. The molecular weight excluding hydrogens is 521 g/mol. The van der Waals surface area contributed by atoms with Gasteiger partial charge in [0.05, 0.1) is 12.5 Å². The first-order valence-corrected chi connectivity index (χ1v) is 13.9. The Hall–Kier alpha value is -3.73. The van der Waals surface area contributed by atoms with Crippen LogP contribution in [0.2, 0.25) is 0 Å². The number of halogens is 1. The first-order chi connectivity index (χ1) is 18.6. The van der Waals surface area contributed by atoms with Crippen molar-refractivity contribution >= 4 is 27.5 Å². The van der Waals surface area contributed by atoms with E-state index in [1.54, 1.807) is 48.0 Å². The summed E-state index contributed by atoms with van der Waals surface area (Å²) in [6.07, 6.45) is 6.55. The van der Waals surface area contributed by atoms with Crippen LogP contribution in [0.15, 0.2) is 46.2 Å². The third kappa shape index (κ3) is 4.69. The average molecular weight is 554 g/mol. The van der Waals surface area contributed by atoms with Crippen LogP contribution in [0.25, 0.3) is 15.2 Å². The zero-order valence-corrected chi connectivity index (χ0v) is 23.4. The molecule has 0 atom stereocenters. The number of rotatable bonds is 7. The van der Waals surface area contributed by atoms with Gasteiger partial charge in [-0.2, -0.15) is 5.10 Å². The van der Waals surface area contributed by atoms with E-state index in [4.69, 9.17) is 4.74 Å². The van der Waals surface area contributed by atoms with E-state index in [0.717, 1.165) is 23.8 Å². The number of ether oxygens (including phenoxy) is 1. The van der Waals surface area contributed by atoms with E-state index in [2.05, 4.69) is 5.10 Å². The number of hydrogen-bond donors (Lipinski definition) is 0. The summed E-state index contributed by atoms with van der Waals surface area (Å²) in [6.45, 7) is 6.46. The number of benzene rings is 1. The molecule has 1 aliphatic heterocycles. The number of likely N-dealkylation sites (tertiary alicyclic amines) is 1. The number of carbonyl (C=O) groups is 1. The SMILES string of the molecule is COc1ccc(F)cc1CCn1c(=O)n(C(C)(C)C(=O)N2CCCCC2)c(=O)c2c(C)c(-n3cccn3)sc21. The van der Waals surface area contributed by atoms with Gasteiger partial charge < -0.3 is 9.64 Å². The van der Waals surface area contributed by atoms with Gasteiger partial charge in [0, 0.05) is 37.6 Å². The van der Waals surface area contributed by atoms with Gasteiger partial charge in [-0.05, 0) is 76.3 Å². The van der Waals surface area contributed by atoms with Gasteiger partial charge in [-0.25, -0.2) is 18.4 Å². The van der Waals surface area contributed by atoms with Crippen molar-refractivity contribution in [1.29, 1.82) is 0 Å². The second kappa shape index (κ2) is 10.4. The lowest BCUT2D eigenvalue weighted by molar-refractivity contribution is -0.140. The van der Waals surface area contributed by atoms with Gasteiger partial charge in [-0.1, -0.05) is 11.3 Å². The first kappa shape index (κ1) is 26.9. The summed E-state index contributed by atoms with van der Waals surface area (Å²) in [4.78, 5) is 44.1. The molecule has 4 aromatic rings. The van der Waals surface area contributed by atoms with E-state index in [9.17, 15) is 18.8 Å². The molecule has 0 saturated carbocycles. The van der Waals surface area contributed by atoms with Crippen LogP contribution in [0.4, 0.5) is 4.39 Å². The highest BCUT2D eigenvalue weighted by Crippen LogP contribution is 2.32. The molecule has 1 aliphatic rings. The Morgan fingerprint density at radius 2 is 1.92 bits per heavy atom. The number of amides is 1. The van der Waals surface area contributed by atoms with E-state index in [1.807, 2.05) is 6.92 Å². The average Bonchev–Trinajstić information content (AvgIpc) is 3.57. The van der Waals surface area contributed by atoms with Gasteiger partial charge in [0.2, 0.25) is 5.91 Å². The lowest BCUT2D eigenvalue weighted by atomic mass is 10.00. The van der Waals surface area contributed by atoms with Crippen LogP contribution < -0.4 is 16.0 Å². The summed E-state index contributed by atoms with van der Waals surface area (Å²) in [5.41, 5.74) is -1.21. The highest BCUT2D eigenvalue weighted by atomic mass is 32.1. The Balaban J connectivity index is 1.70. The van der Waals surface area contributed by atoms with Gasteiger partial charge in [0.1, 0.15) is 26.9 Å². The third-order valence-electron chi connectivity index (χ3n) is 7.47. The molecule has 11 heteroatoms. The van der Waals surface area contributed by atoms with E-state index in [1.165, 1.54) is 35.1 Å². The standard InChI is InChI=1S/C28H32FN5O4S/c1-18-22-23(35)34(28(2,3)26(36)31-13-6-5-7-14-31)27(37)32(25(22)39-24(18)33-15-8-12-30-33)16-11-19-17-20(29)9-10-21(19)38-4/h8-10,12,15,17H,5-7,11,13-14,16H2,1-4H3. The zero-order chi connectivity index (χ0) is 27.9. The topological polar surface area (TPSA) is 91.4 Å². The number of aryl methyl sites for hydroxylation is 3. The Bertz CT molecular complexity index is 1650. The maximum Gasteiger partial charge on any atom is 0.333 e. The number of methoxy groups -OCH3 is 1. The van der Waals surface area contributed by atoms with Gasteiger partial charge >= 0.3 is 5.69 Å². The monoisotopic (exact) mass is 553 g/mol. The predicted molar refractivity (Wildman–Crippen MR) is 149 cm³/mol. The summed E-state index contributed by atoms with van der Waals surface area (Å²) in [7, 11) is 1.51. The first-order valence-electron chi connectivity index (χ1n) is 13.1. The van der Waals surface area contributed by atoms with Crippen molar-refractivity contribution < 1.29 is 13.9 Å². The Labute approximate surface area is 229 Å². The molecule has 5 rings (SSSR count). The molecule has 0 bridgehead atoms. The van der Waals surface area contributed by atoms with Crippen molar-refractivity contribution in [3.8, 4) is 10.8 Å². The number of nitrogens with zero attached hydrogens (tertiary/aromatic N) is 5. The Morgan fingerprint density at radius 3 is 2.59 bits per heavy atom. The maximum absolute atomic E-state index is 14.1. The molecule has 0 radical (unpaired) electrons. The van der Waals surface area contributed by atoms with Crippen molar-refractivity contribution in [1.82, 2.24) is 23.8 Å². The normalized spacial score (nSPS) is 14.2. The second-order valence-corrected chi connectivity index (χ2v) is 11.3. The van der Waals surface area contributed by atoms with Crippen molar-refractivity contribution in [2.75, 3.05) is 20.2 Å². The number of aromatic nitrogens is 4. The second-order valence-electron chi connectivity index (χ2n) is 10.4. The highest BCUT2D eigenvalue weighted by molar-refractivity contribution is 7.21. The molecule has 0 unspecified atom stereocenters. The van der Waals surface area contributed by atoms with Gasteiger partial charge in [-0.15, -0.1) is 0 Å². The van der Waals surface area contributed by atoms with Crippen LogP contribution >= 0.6 is 11.3 Å². The fraction of sp³-hybridized carbons (Fsp3) is 0.429. The van der Waals surface area contributed by atoms with Crippen molar-refractivity contribution in [3.63, 3.8) is 0 Å². The van der Waals surface area contributed by atoms with E-state index < -0.39 is 22.6 Å². The van der Waals surface area contributed by atoms with Crippen molar-refractivity contribution in [2.24, 2.45) is 0 Å². The summed E-state index contributed by atoms with van der Waals surface area (Å²) in [5, 5.41) is 5.40. The van der Waals surface area contributed by atoms with Gasteiger partial charge in [0.15, 0.2) is 0 Å². The van der Waals surface area contributed by atoms with Gasteiger partial charge in [0.25, 0.3) is 5.56 Å². The fourth-order valence-electron chi connectivity index (χ4n) is 5.39. The lowest BCUT2D eigenvalue weighted by Gasteiger charge is -2.35. The van der Waals surface area contributed by atoms with Crippen molar-refractivity contribution in [3.05, 3.63) is 74.4 Å². The molecule has 1 fully saturated rings. The van der Waals surface area contributed by atoms with Crippen LogP contribution in [0, 0.1) is 12.7 Å². The van der Waals surface area contributed by atoms with E-state index >= 15 is 0 Å². The molecule has 1 amide bonds. The lowest BCUT2D eigenvalue weighted by Crippen LogP contribution is -2.57. The minimum Gasteiger partial charge on any atom is -0.496 e. The summed E-state index contributed by atoms with van der Waals surface area (Å²) >= 11 is 1.29.